The molecule has 1 aromatic heterocycles. The van der Waals surface area contributed by atoms with E-state index in [1.165, 1.54) is 0 Å². The molecule has 2 N–H and O–H groups in total. The average molecular weight is 346 g/mol. The summed E-state index contributed by atoms with van der Waals surface area (Å²) in [4.78, 5) is 24.8. The first-order chi connectivity index (χ1) is 11.7. The zero-order valence-corrected chi connectivity index (χ0v) is 14.5. The van der Waals surface area contributed by atoms with Crippen LogP contribution in [0.5, 0.6) is 5.75 Å². The van der Waals surface area contributed by atoms with Crippen molar-refractivity contribution in [1.82, 2.24) is 10.6 Å². The van der Waals surface area contributed by atoms with Crippen LogP contribution in [-0.4, -0.2) is 25.0 Å². The number of carbonyl (C=O) groups is 2. The highest BCUT2D eigenvalue weighted by molar-refractivity contribution is 7.09. The van der Waals surface area contributed by atoms with Crippen molar-refractivity contribution >= 4 is 23.2 Å². The number of rotatable bonds is 9. The third-order valence-corrected chi connectivity index (χ3v) is 4.21. The number of nitrogens with one attached hydrogen (secondary N) is 2. The summed E-state index contributed by atoms with van der Waals surface area (Å²) >= 11 is 1.58. The van der Waals surface area contributed by atoms with Crippen LogP contribution in [0.15, 0.2) is 41.8 Å². The molecule has 0 unspecified atom stereocenters. The molecule has 0 atom stereocenters. The Morgan fingerprint density at radius 2 is 1.92 bits per heavy atom. The molecule has 0 radical (unpaired) electrons. The third-order valence-electron chi connectivity index (χ3n) is 3.33. The number of ether oxygens (including phenoxy) is 1. The normalized spacial score (nSPS) is 10.2. The van der Waals surface area contributed by atoms with Gasteiger partial charge < -0.3 is 15.4 Å². The van der Waals surface area contributed by atoms with Crippen molar-refractivity contribution in [2.24, 2.45) is 0 Å². The molecule has 2 rings (SSSR count). The molecule has 6 heteroatoms. The number of hydrogen-bond donors (Lipinski definition) is 2. The van der Waals surface area contributed by atoms with Gasteiger partial charge in [-0.15, -0.1) is 11.3 Å². The van der Waals surface area contributed by atoms with Crippen LogP contribution in [0.25, 0.3) is 0 Å². The van der Waals surface area contributed by atoms with Crippen molar-refractivity contribution in [3.8, 4) is 5.75 Å². The van der Waals surface area contributed by atoms with Crippen molar-refractivity contribution < 1.29 is 14.3 Å². The highest BCUT2D eigenvalue weighted by atomic mass is 32.1. The largest absolute Gasteiger partial charge is 0.494 e. The quantitative estimate of drug-likeness (QED) is 0.686. The fourth-order valence-electron chi connectivity index (χ4n) is 1.96. The Kier molecular flexibility index (Phi) is 7.29. The minimum absolute atomic E-state index is 0.0427. The number of carbonyl (C=O) groups excluding carboxylic acids is 2. The summed E-state index contributed by atoms with van der Waals surface area (Å²) in [5, 5.41) is 7.34. The lowest BCUT2D eigenvalue weighted by atomic mass is 10.2. The summed E-state index contributed by atoms with van der Waals surface area (Å²) in [7, 11) is 0. The zero-order valence-electron chi connectivity index (χ0n) is 13.7. The third kappa shape index (κ3) is 6.04. The van der Waals surface area contributed by atoms with Crippen LogP contribution < -0.4 is 15.4 Å². The van der Waals surface area contributed by atoms with Crippen molar-refractivity contribution in [3.05, 3.63) is 52.2 Å². The van der Waals surface area contributed by atoms with Gasteiger partial charge in [-0.25, -0.2) is 0 Å². The lowest BCUT2D eigenvalue weighted by molar-refractivity contribution is -0.120. The van der Waals surface area contributed by atoms with Gasteiger partial charge in [0.2, 0.25) is 5.91 Å². The Labute approximate surface area is 146 Å². The minimum atomic E-state index is -0.276. The molecule has 2 amide bonds. The van der Waals surface area contributed by atoms with E-state index >= 15 is 0 Å². The Hall–Kier alpha value is -2.34. The van der Waals surface area contributed by atoms with Gasteiger partial charge in [-0.1, -0.05) is 19.4 Å². The Balaban J connectivity index is 1.72. The molecule has 1 heterocycles. The van der Waals surface area contributed by atoms with Crippen molar-refractivity contribution in [2.75, 3.05) is 13.2 Å². The average Bonchev–Trinajstić information content (AvgIpc) is 3.12. The molecule has 0 aliphatic carbocycles. The maximum absolute atomic E-state index is 12.0. The molecule has 5 nitrogen and oxygen atoms in total. The second-order valence-corrected chi connectivity index (χ2v) is 6.30. The van der Waals surface area contributed by atoms with Gasteiger partial charge in [0.25, 0.3) is 5.91 Å². The van der Waals surface area contributed by atoms with Gasteiger partial charge in [-0.3, -0.25) is 9.59 Å². The van der Waals surface area contributed by atoms with Crippen molar-refractivity contribution in [2.45, 2.75) is 26.3 Å². The maximum atomic E-state index is 12.0. The van der Waals surface area contributed by atoms with Crippen molar-refractivity contribution in [3.63, 3.8) is 0 Å². The van der Waals surface area contributed by atoms with Crippen LogP contribution in [0.1, 0.15) is 35.0 Å². The fraction of sp³-hybridized carbons (Fsp3) is 0.333. The highest BCUT2D eigenvalue weighted by Gasteiger charge is 2.08. The fourth-order valence-corrected chi connectivity index (χ4v) is 2.61. The Bertz CT molecular complexity index is 639. The van der Waals surface area contributed by atoms with Gasteiger partial charge in [-0.2, -0.15) is 0 Å². The SMILES string of the molecule is CCCCOc1ccc(C(=O)NCC(=O)NCc2cccs2)cc1. The van der Waals surface area contributed by atoms with Crippen LogP contribution >= 0.6 is 11.3 Å². The standard InChI is InChI=1S/C18H22N2O3S/c1-2-3-10-23-15-8-6-14(7-9-15)18(22)20-13-17(21)19-12-16-5-4-11-24-16/h4-9,11H,2-3,10,12-13H2,1H3,(H,19,21)(H,20,22). The molecule has 0 saturated carbocycles. The topological polar surface area (TPSA) is 67.4 Å². The first-order valence-electron chi connectivity index (χ1n) is 7.99. The molecule has 0 aliphatic rings. The van der Waals surface area contributed by atoms with Crippen LogP contribution in [-0.2, 0) is 11.3 Å². The monoisotopic (exact) mass is 346 g/mol. The number of hydrogen-bond acceptors (Lipinski definition) is 4. The molecule has 1 aromatic carbocycles. The molecule has 0 fully saturated rings. The first-order valence-corrected chi connectivity index (χ1v) is 8.87. The van der Waals surface area contributed by atoms with E-state index in [1.54, 1.807) is 35.6 Å². The van der Waals surface area contributed by atoms with Crippen LogP contribution in [0, 0.1) is 0 Å². The van der Waals surface area contributed by atoms with E-state index in [0.717, 1.165) is 23.5 Å². The van der Waals surface area contributed by atoms with Crippen LogP contribution in [0.2, 0.25) is 0 Å². The Morgan fingerprint density at radius 1 is 1.12 bits per heavy atom. The van der Waals surface area contributed by atoms with E-state index in [9.17, 15) is 9.59 Å². The molecule has 0 bridgehead atoms. The predicted molar refractivity (Wildman–Crippen MR) is 95.3 cm³/mol. The predicted octanol–water partition coefficient (Wildman–Crippen LogP) is 2.97. The second-order valence-electron chi connectivity index (χ2n) is 5.27. The van der Waals surface area contributed by atoms with E-state index in [1.807, 2.05) is 17.5 Å². The summed E-state index contributed by atoms with van der Waals surface area (Å²) in [6.45, 7) is 3.22. The van der Waals surface area contributed by atoms with Gasteiger partial charge in [0, 0.05) is 10.4 Å². The maximum Gasteiger partial charge on any atom is 0.251 e. The summed E-state index contributed by atoms with van der Waals surface area (Å²) < 4.78 is 5.55. The molecule has 24 heavy (non-hydrogen) atoms. The van der Waals surface area contributed by atoms with E-state index in [0.29, 0.717) is 18.7 Å². The summed E-state index contributed by atoms with van der Waals surface area (Å²) in [5.41, 5.74) is 0.504. The van der Waals surface area contributed by atoms with Crippen molar-refractivity contribution in [1.29, 1.82) is 0 Å². The second kappa shape index (κ2) is 9.72. The molecule has 2 aromatic rings. The van der Waals surface area contributed by atoms with Gasteiger partial charge in [-0.05, 0) is 42.1 Å². The van der Waals surface area contributed by atoms with Crippen LogP contribution in [0.4, 0.5) is 0 Å². The van der Waals surface area contributed by atoms with E-state index in [2.05, 4.69) is 17.6 Å². The van der Waals surface area contributed by atoms with Gasteiger partial charge in [0.1, 0.15) is 5.75 Å². The number of unbranched alkanes of at least 4 members (excludes halogenated alkanes) is 1. The van der Waals surface area contributed by atoms with Gasteiger partial charge in [0.15, 0.2) is 0 Å². The molecule has 128 valence electrons. The van der Waals surface area contributed by atoms with Crippen LogP contribution in [0.3, 0.4) is 0 Å². The smallest absolute Gasteiger partial charge is 0.251 e. The summed E-state index contributed by atoms with van der Waals surface area (Å²) in [6.07, 6.45) is 2.08. The lowest BCUT2D eigenvalue weighted by Gasteiger charge is -2.08. The minimum Gasteiger partial charge on any atom is -0.494 e. The van der Waals surface area contributed by atoms with E-state index in [4.69, 9.17) is 4.74 Å². The molecular weight excluding hydrogens is 324 g/mol. The van der Waals surface area contributed by atoms with E-state index in [-0.39, 0.29) is 18.4 Å². The van der Waals surface area contributed by atoms with E-state index < -0.39 is 0 Å². The number of thiophene rings is 1. The molecule has 0 saturated heterocycles. The zero-order chi connectivity index (χ0) is 17.2. The Morgan fingerprint density at radius 3 is 2.58 bits per heavy atom. The lowest BCUT2D eigenvalue weighted by Crippen LogP contribution is -2.36. The summed E-state index contributed by atoms with van der Waals surface area (Å²) in [6, 6.07) is 10.8. The molecular formula is C18H22N2O3S. The number of benzene rings is 1. The van der Waals surface area contributed by atoms with Gasteiger partial charge >= 0.3 is 0 Å². The summed E-state index contributed by atoms with van der Waals surface area (Å²) in [5.74, 6) is 0.256. The number of amides is 2. The molecule has 0 aliphatic heterocycles. The molecule has 0 spiro atoms. The van der Waals surface area contributed by atoms with Gasteiger partial charge in [0.05, 0.1) is 19.7 Å². The first kappa shape index (κ1) is 18.0. The highest BCUT2D eigenvalue weighted by Crippen LogP contribution is 2.12.